The summed E-state index contributed by atoms with van der Waals surface area (Å²) in [7, 11) is -3.76. The minimum atomic E-state index is -3.76. The number of rotatable bonds is 4. The van der Waals surface area contributed by atoms with Crippen molar-refractivity contribution in [3.8, 4) is 11.5 Å². The summed E-state index contributed by atoms with van der Waals surface area (Å²) in [6.45, 7) is 1.05. The van der Waals surface area contributed by atoms with Gasteiger partial charge in [-0.25, -0.2) is 13.1 Å². The van der Waals surface area contributed by atoms with Gasteiger partial charge in [0.15, 0.2) is 11.5 Å². The van der Waals surface area contributed by atoms with Crippen LogP contribution in [0.15, 0.2) is 34.1 Å². The van der Waals surface area contributed by atoms with Crippen LogP contribution in [-0.4, -0.2) is 72.7 Å². The van der Waals surface area contributed by atoms with Crippen molar-refractivity contribution in [1.29, 1.82) is 0 Å². The van der Waals surface area contributed by atoms with Gasteiger partial charge >= 0.3 is 0 Å². The molecule has 31 heavy (non-hydrogen) atoms. The third-order valence-electron chi connectivity index (χ3n) is 4.97. The minimum absolute atomic E-state index is 0.00771. The summed E-state index contributed by atoms with van der Waals surface area (Å²) in [6, 6.07) is 4.50. The summed E-state index contributed by atoms with van der Waals surface area (Å²) in [5.41, 5.74) is -0.665. The van der Waals surface area contributed by atoms with Crippen molar-refractivity contribution < 1.29 is 22.7 Å². The van der Waals surface area contributed by atoms with Gasteiger partial charge in [-0.1, -0.05) is 23.2 Å². The van der Waals surface area contributed by atoms with Crippen molar-refractivity contribution in [3.63, 3.8) is 0 Å². The fraction of sp³-hybridized carbons (Fsp3) is 0.389. The summed E-state index contributed by atoms with van der Waals surface area (Å²) in [6.07, 6.45) is 1.19. The van der Waals surface area contributed by atoms with E-state index in [1.165, 1.54) is 27.5 Å². The highest BCUT2D eigenvalue weighted by atomic mass is 35.5. The summed E-state index contributed by atoms with van der Waals surface area (Å²) >= 11 is 11.5. The van der Waals surface area contributed by atoms with Gasteiger partial charge in [-0.15, -0.1) is 0 Å². The predicted molar refractivity (Wildman–Crippen MR) is 111 cm³/mol. The average molecular weight is 489 g/mol. The molecule has 0 saturated carbocycles. The molecule has 0 unspecified atom stereocenters. The van der Waals surface area contributed by atoms with Crippen LogP contribution in [0.1, 0.15) is 0 Å². The normalized spacial score (nSPS) is 16.9. The van der Waals surface area contributed by atoms with E-state index in [1.807, 2.05) is 0 Å². The highest BCUT2D eigenvalue weighted by molar-refractivity contribution is 7.89. The van der Waals surface area contributed by atoms with Gasteiger partial charge in [0.25, 0.3) is 5.56 Å². The molecule has 0 bridgehead atoms. The number of nitrogens with zero attached hydrogens (tertiary/aromatic N) is 4. The second-order valence-corrected chi connectivity index (χ2v) is 9.58. The van der Waals surface area contributed by atoms with Crippen LogP contribution in [0.5, 0.6) is 11.5 Å². The molecular weight excluding hydrogens is 471 g/mol. The lowest BCUT2D eigenvalue weighted by Gasteiger charge is -2.34. The Bertz CT molecular complexity index is 1180. The molecule has 1 amide bonds. The fourth-order valence-electron chi connectivity index (χ4n) is 3.30. The molecule has 0 atom stereocenters. The van der Waals surface area contributed by atoms with Crippen LogP contribution in [0.2, 0.25) is 10.0 Å². The fourth-order valence-corrected chi connectivity index (χ4v) is 5.01. The molecule has 2 aliphatic heterocycles. The molecule has 2 aromatic rings. The van der Waals surface area contributed by atoms with Gasteiger partial charge in [-0.3, -0.25) is 9.59 Å². The Morgan fingerprint density at radius 3 is 2.45 bits per heavy atom. The van der Waals surface area contributed by atoms with Gasteiger partial charge in [0, 0.05) is 32.2 Å². The van der Waals surface area contributed by atoms with Crippen molar-refractivity contribution in [3.05, 3.63) is 44.8 Å². The maximum atomic E-state index is 13.0. The number of carbonyl (C=O) groups is 1. The van der Waals surface area contributed by atoms with E-state index in [0.717, 1.165) is 4.68 Å². The first-order valence-corrected chi connectivity index (χ1v) is 11.6. The van der Waals surface area contributed by atoms with E-state index < -0.39 is 15.6 Å². The Hall–Kier alpha value is -2.34. The molecule has 166 valence electrons. The quantitative estimate of drug-likeness (QED) is 0.626. The number of aromatic nitrogens is 2. The number of hydrogen-bond donors (Lipinski definition) is 0. The Morgan fingerprint density at radius 1 is 1.06 bits per heavy atom. The molecule has 0 radical (unpaired) electrons. The monoisotopic (exact) mass is 488 g/mol. The Morgan fingerprint density at radius 2 is 1.74 bits per heavy atom. The number of sulfonamides is 1. The molecule has 0 N–H and O–H groups in total. The summed E-state index contributed by atoms with van der Waals surface area (Å²) in [5.74, 6) is 0.525. The maximum Gasteiger partial charge on any atom is 0.287 e. The Balaban J connectivity index is 1.42. The van der Waals surface area contributed by atoms with E-state index in [-0.39, 0.29) is 53.6 Å². The van der Waals surface area contributed by atoms with E-state index in [2.05, 4.69) is 5.10 Å². The molecule has 4 rings (SSSR count). The Kier molecular flexibility index (Phi) is 6.11. The number of ether oxygens (including phenoxy) is 2. The summed E-state index contributed by atoms with van der Waals surface area (Å²) in [4.78, 5) is 26.2. The minimum Gasteiger partial charge on any atom is -0.486 e. The highest BCUT2D eigenvalue weighted by Gasteiger charge is 2.31. The molecular formula is C18H18Cl2N4O6S. The molecule has 1 aromatic carbocycles. The first-order chi connectivity index (χ1) is 14.8. The van der Waals surface area contributed by atoms with Gasteiger partial charge in [-0.2, -0.15) is 9.40 Å². The molecule has 0 spiro atoms. The van der Waals surface area contributed by atoms with Gasteiger partial charge < -0.3 is 14.4 Å². The van der Waals surface area contributed by atoms with Crippen LogP contribution in [0.25, 0.3) is 0 Å². The van der Waals surface area contributed by atoms with Gasteiger partial charge in [0.1, 0.15) is 24.8 Å². The van der Waals surface area contributed by atoms with Crippen LogP contribution in [0.3, 0.4) is 0 Å². The van der Waals surface area contributed by atoms with Crippen LogP contribution >= 0.6 is 23.2 Å². The van der Waals surface area contributed by atoms with Crippen molar-refractivity contribution in [2.75, 3.05) is 39.4 Å². The molecule has 10 nitrogen and oxygen atoms in total. The third kappa shape index (κ3) is 4.36. The largest absolute Gasteiger partial charge is 0.486 e. The van der Waals surface area contributed by atoms with E-state index >= 15 is 0 Å². The number of halogens is 2. The van der Waals surface area contributed by atoms with Crippen LogP contribution < -0.4 is 15.0 Å². The standard InChI is InChI=1S/C18H18Cl2N4O6S/c19-13-10-21-24(18(26)17(13)20)11-16(25)22-3-5-23(6-4-22)31(27,28)12-1-2-14-15(9-12)30-8-7-29-14/h1-2,9-10H,3-8,11H2. The zero-order valence-electron chi connectivity index (χ0n) is 16.2. The second kappa shape index (κ2) is 8.65. The highest BCUT2D eigenvalue weighted by Crippen LogP contribution is 2.33. The van der Waals surface area contributed by atoms with E-state index in [1.54, 1.807) is 6.07 Å². The zero-order valence-corrected chi connectivity index (χ0v) is 18.5. The summed E-state index contributed by atoms with van der Waals surface area (Å²) < 4.78 is 39.1. The van der Waals surface area contributed by atoms with Crippen molar-refractivity contribution in [2.45, 2.75) is 11.4 Å². The van der Waals surface area contributed by atoms with E-state index in [9.17, 15) is 18.0 Å². The molecule has 3 heterocycles. The molecule has 1 fully saturated rings. The number of hydrogen-bond acceptors (Lipinski definition) is 7. The lowest BCUT2D eigenvalue weighted by Crippen LogP contribution is -2.51. The smallest absolute Gasteiger partial charge is 0.287 e. The van der Waals surface area contributed by atoms with Gasteiger partial charge in [-0.05, 0) is 12.1 Å². The molecule has 2 aliphatic rings. The average Bonchev–Trinajstić information content (AvgIpc) is 2.79. The van der Waals surface area contributed by atoms with Crippen LogP contribution in [0, 0.1) is 0 Å². The topological polar surface area (TPSA) is 111 Å². The van der Waals surface area contributed by atoms with Crippen molar-refractivity contribution >= 4 is 39.1 Å². The van der Waals surface area contributed by atoms with Crippen molar-refractivity contribution in [2.24, 2.45) is 0 Å². The lowest BCUT2D eigenvalue weighted by atomic mass is 10.3. The number of piperazine rings is 1. The first-order valence-electron chi connectivity index (χ1n) is 9.36. The molecule has 1 aromatic heterocycles. The maximum absolute atomic E-state index is 13.0. The van der Waals surface area contributed by atoms with Crippen LogP contribution in [0.4, 0.5) is 0 Å². The lowest BCUT2D eigenvalue weighted by molar-refractivity contribution is -0.133. The third-order valence-corrected chi connectivity index (χ3v) is 7.61. The predicted octanol–water partition coefficient (Wildman–Crippen LogP) is 0.854. The summed E-state index contributed by atoms with van der Waals surface area (Å²) in [5, 5.41) is 3.61. The number of fused-ring (bicyclic) bond motifs is 1. The van der Waals surface area contributed by atoms with E-state index in [0.29, 0.717) is 24.7 Å². The molecule has 1 saturated heterocycles. The van der Waals surface area contributed by atoms with E-state index in [4.69, 9.17) is 32.7 Å². The molecule has 0 aliphatic carbocycles. The number of benzene rings is 1. The first kappa shape index (κ1) is 21.9. The zero-order chi connectivity index (χ0) is 22.2. The van der Waals surface area contributed by atoms with Gasteiger partial charge in [0.05, 0.1) is 16.1 Å². The second-order valence-electron chi connectivity index (χ2n) is 6.86. The van der Waals surface area contributed by atoms with Crippen molar-refractivity contribution in [1.82, 2.24) is 19.0 Å². The van der Waals surface area contributed by atoms with Crippen LogP contribution in [-0.2, 0) is 21.4 Å². The molecule has 13 heteroatoms. The number of amides is 1. The number of carbonyl (C=O) groups excluding carboxylic acids is 1. The SMILES string of the molecule is O=C(Cn1ncc(Cl)c(Cl)c1=O)N1CCN(S(=O)(=O)c2ccc3c(c2)OCCO3)CC1. The van der Waals surface area contributed by atoms with Gasteiger partial charge in [0.2, 0.25) is 15.9 Å². The Labute approximate surface area is 187 Å².